The average Bonchev–Trinajstić information content (AvgIpc) is 3.34. The molecule has 1 aromatic heterocycles. The van der Waals surface area contributed by atoms with Crippen molar-refractivity contribution in [3.63, 3.8) is 0 Å². The van der Waals surface area contributed by atoms with E-state index < -0.39 is 23.1 Å². The molecular weight excluding hydrogens is 564 g/mol. The Morgan fingerprint density at radius 2 is 1.80 bits per heavy atom. The predicted molar refractivity (Wildman–Crippen MR) is 145 cm³/mol. The molecule has 0 radical (unpaired) electrons. The van der Waals surface area contributed by atoms with E-state index in [4.69, 9.17) is 16.3 Å². The highest BCUT2D eigenvalue weighted by atomic mass is 35.5. The molecule has 1 aliphatic carbocycles. The lowest BCUT2D eigenvalue weighted by atomic mass is 9.87. The highest BCUT2D eigenvalue weighted by Crippen LogP contribution is 2.42. The minimum Gasteiger partial charge on any atom is -0.444 e. The smallest absolute Gasteiger partial charge is 0.435 e. The van der Waals surface area contributed by atoms with Crippen LogP contribution in [-0.4, -0.2) is 61.5 Å². The number of ether oxygens (including phenoxy) is 1. The Morgan fingerprint density at radius 3 is 2.39 bits per heavy atom. The van der Waals surface area contributed by atoms with Crippen LogP contribution in [0.3, 0.4) is 0 Å². The number of nitrogens with zero attached hydrogens (tertiary/aromatic N) is 4. The summed E-state index contributed by atoms with van der Waals surface area (Å²) < 4.78 is 63.7. The van der Waals surface area contributed by atoms with Crippen molar-refractivity contribution in [2.24, 2.45) is 5.92 Å². The van der Waals surface area contributed by atoms with Gasteiger partial charge in [0.25, 0.3) is 0 Å². The molecule has 2 bridgehead atoms. The molecule has 41 heavy (non-hydrogen) atoms. The zero-order chi connectivity index (χ0) is 29.9. The molecule has 4 aliphatic rings. The number of piperidine rings is 1. The fraction of sp³-hybridized carbons (Fsp3) is 0.690. The van der Waals surface area contributed by atoms with Gasteiger partial charge in [0.05, 0.1) is 18.8 Å². The number of allylic oxidation sites excluding steroid dienone is 4. The van der Waals surface area contributed by atoms with E-state index in [1.165, 1.54) is 17.7 Å². The van der Waals surface area contributed by atoms with Gasteiger partial charge in [0.2, 0.25) is 5.91 Å². The van der Waals surface area contributed by atoms with Crippen molar-refractivity contribution < 1.29 is 31.9 Å². The zero-order valence-corrected chi connectivity index (χ0v) is 24.6. The Bertz CT molecular complexity index is 1270. The van der Waals surface area contributed by atoms with Crippen LogP contribution in [0.2, 0.25) is 0 Å². The van der Waals surface area contributed by atoms with Crippen molar-refractivity contribution in [1.82, 2.24) is 19.6 Å². The molecule has 3 unspecified atom stereocenters. The molecule has 5 rings (SSSR count). The molecular formula is C29H37ClF4N4O3. The summed E-state index contributed by atoms with van der Waals surface area (Å²) in [5.41, 5.74) is -2.76. The van der Waals surface area contributed by atoms with Crippen LogP contribution in [0.15, 0.2) is 22.8 Å². The van der Waals surface area contributed by atoms with Crippen molar-refractivity contribution in [3.8, 4) is 0 Å². The number of aromatic nitrogens is 2. The molecule has 0 saturated carbocycles. The van der Waals surface area contributed by atoms with E-state index in [2.05, 4.69) is 5.10 Å². The first kappa shape index (κ1) is 29.9. The second-order valence-corrected chi connectivity index (χ2v) is 13.5. The standard InChI is InChI=1S/C29H37ClF4N4O3/c1-27(2,3)41-26(40)38-20-7-8-21(38)12-17(11-20)13-24(39)36-10-9-22-23(16-36)37(35-25(22)29(32,33)34)15-18-5-6-19(30)14-28(18,4)31/h5-6,17,20-21H,7-16H2,1-4H3. The van der Waals surface area contributed by atoms with Crippen LogP contribution in [0, 0.1) is 5.92 Å². The van der Waals surface area contributed by atoms with Gasteiger partial charge in [0.15, 0.2) is 5.69 Å². The number of carbonyl (C=O) groups excluding carboxylic acids is 2. The Hall–Kier alpha value is -2.56. The van der Waals surface area contributed by atoms with Gasteiger partial charge in [-0.15, -0.1) is 0 Å². The minimum absolute atomic E-state index is 0.0199. The summed E-state index contributed by atoms with van der Waals surface area (Å²) in [6.07, 6.45) is 1.41. The lowest BCUT2D eigenvalue weighted by Gasteiger charge is -2.40. The molecule has 0 aromatic carbocycles. The minimum atomic E-state index is -4.66. The molecule has 4 heterocycles. The third-order valence-electron chi connectivity index (χ3n) is 8.61. The third kappa shape index (κ3) is 6.29. The normalized spacial score (nSPS) is 28.3. The topological polar surface area (TPSA) is 67.7 Å². The van der Waals surface area contributed by atoms with E-state index in [1.54, 1.807) is 11.0 Å². The maximum atomic E-state index is 15.3. The van der Waals surface area contributed by atoms with Crippen LogP contribution < -0.4 is 0 Å². The summed E-state index contributed by atoms with van der Waals surface area (Å²) in [6.45, 7) is 6.83. The van der Waals surface area contributed by atoms with Gasteiger partial charge < -0.3 is 14.5 Å². The summed E-state index contributed by atoms with van der Waals surface area (Å²) in [5.74, 6) is -0.0547. The number of carbonyl (C=O) groups is 2. The monoisotopic (exact) mass is 600 g/mol. The van der Waals surface area contributed by atoms with Crippen LogP contribution in [0.1, 0.15) is 83.2 Å². The van der Waals surface area contributed by atoms with E-state index in [9.17, 15) is 22.8 Å². The first-order valence-electron chi connectivity index (χ1n) is 14.2. The highest BCUT2D eigenvalue weighted by Gasteiger charge is 2.46. The summed E-state index contributed by atoms with van der Waals surface area (Å²) >= 11 is 5.99. The number of rotatable bonds is 4. The van der Waals surface area contributed by atoms with Crippen molar-refractivity contribution in [2.45, 2.75) is 115 Å². The summed E-state index contributed by atoms with van der Waals surface area (Å²) in [5, 5.41) is 4.21. The van der Waals surface area contributed by atoms with Crippen molar-refractivity contribution in [2.75, 3.05) is 6.54 Å². The zero-order valence-electron chi connectivity index (χ0n) is 23.9. The number of halogens is 5. The van der Waals surface area contributed by atoms with E-state index in [0.717, 1.165) is 12.8 Å². The second kappa shape index (κ2) is 10.6. The Kier molecular flexibility index (Phi) is 7.74. The second-order valence-electron chi connectivity index (χ2n) is 13.0. The van der Waals surface area contributed by atoms with Gasteiger partial charge >= 0.3 is 12.3 Å². The SMILES string of the molecule is CC(C)(C)OC(=O)N1C2CCC1CC(CC(=O)N1CCc3c(C(F)(F)F)nn(CC4=CC=C(Cl)CC4(C)F)c3C1)C2. The molecule has 226 valence electrons. The van der Waals surface area contributed by atoms with Gasteiger partial charge in [0.1, 0.15) is 11.3 Å². The molecule has 3 aliphatic heterocycles. The van der Waals surface area contributed by atoms with Crippen molar-refractivity contribution in [1.29, 1.82) is 0 Å². The van der Waals surface area contributed by atoms with Gasteiger partial charge in [-0.3, -0.25) is 9.48 Å². The third-order valence-corrected chi connectivity index (χ3v) is 8.87. The molecule has 12 heteroatoms. The Morgan fingerprint density at radius 1 is 1.15 bits per heavy atom. The van der Waals surface area contributed by atoms with Crippen LogP contribution in [-0.2, 0) is 35.2 Å². The molecule has 7 nitrogen and oxygen atoms in total. The first-order chi connectivity index (χ1) is 19.0. The number of alkyl halides is 4. The van der Waals surface area contributed by atoms with Crippen LogP contribution in [0.25, 0.3) is 0 Å². The lowest BCUT2D eigenvalue weighted by Crippen LogP contribution is -2.49. The molecule has 0 N–H and O–H groups in total. The van der Waals surface area contributed by atoms with Gasteiger partial charge in [-0.25, -0.2) is 9.18 Å². The number of hydrogen-bond donors (Lipinski definition) is 0. The maximum absolute atomic E-state index is 15.3. The van der Waals surface area contributed by atoms with Crippen LogP contribution >= 0.6 is 11.6 Å². The van der Waals surface area contributed by atoms with Crippen LogP contribution in [0.5, 0.6) is 0 Å². The molecule has 2 saturated heterocycles. The fourth-order valence-corrected chi connectivity index (χ4v) is 7.04. The summed E-state index contributed by atoms with van der Waals surface area (Å²) in [7, 11) is 0. The van der Waals surface area contributed by atoms with Crippen LogP contribution in [0.4, 0.5) is 22.4 Å². The maximum Gasteiger partial charge on any atom is 0.435 e. The van der Waals surface area contributed by atoms with E-state index >= 15 is 4.39 Å². The lowest BCUT2D eigenvalue weighted by molar-refractivity contribution is -0.142. The number of hydrogen-bond acceptors (Lipinski definition) is 4. The van der Waals surface area contributed by atoms with Gasteiger partial charge in [-0.1, -0.05) is 17.7 Å². The number of amides is 2. The van der Waals surface area contributed by atoms with Gasteiger partial charge in [0, 0.05) is 42.1 Å². The average molecular weight is 601 g/mol. The molecule has 1 aromatic rings. The van der Waals surface area contributed by atoms with Crippen molar-refractivity contribution in [3.05, 3.63) is 39.7 Å². The largest absolute Gasteiger partial charge is 0.444 e. The first-order valence-corrected chi connectivity index (χ1v) is 14.6. The molecule has 3 atom stereocenters. The van der Waals surface area contributed by atoms with Gasteiger partial charge in [-0.05, 0) is 77.4 Å². The van der Waals surface area contributed by atoms with E-state index in [-0.39, 0.29) is 85.7 Å². The number of fused-ring (bicyclic) bond motifs is 3. The fourth-order valence-electron chi connectivity index (χ4n) is 6.73. The van der Waals surface area contributed by atoms with Gasteiger partial charge in [-0.2, -0.15) is 18.3 Å². The summed E-state index contributed by atoms with van der Waals surface area (Å²) in [4.78, 5) is 29.6. The summed E-state index contributed by atoms with van der Waals surface area (Å²) in [6, 6.07) is 0.0398. The van der Waals surface area contributed by atoms with E-state index in [0.29, 0.717) is 17.9 Å². The quantitative estimate of drug-likeness (QED) is 0.368. The predicted octanol–water partition coefficient (Wildman–Crippen LogP) is 6.54. The Labute approximate surface area is 242 Å². The molecule has 0 spiro atoms. The molecule has 2 amide bonds. The van der Waals surface area contributed by atoms with Crippen molar-refractivity contribution >= 4 is 23.6 Å². The molecule has 2 fully saturated rings. The highest BCUT2D eigenvalue weighted by molar-refractivity contribution is 6.29. The Balaban J connectivity index is 1.29. The van der Waals surface area contributed by atoms with E-state index in [1.807, 2.05) is 25.7 Å².